The van der Waals surface area contributed by atoms with Gasteiger partial charge in [-0.1, -0.05) is 17.7 Å². The van der Waals surface area contributed by atoms with E-state index in [-0.39, 0.29) is 27.4 Å². The van der Waals surface area contributed by atoms with Gasteiger partial charge in [-0.2, -0.15) is 0 Å². The number of fused-ring (bicyclic) bond motifs is 1. The molecule has 2 aromatic carbocycles. The van der Waals surface area contributed by atoms with E-state index < -0.39 is 35.8 Å². The molecular weight excluding hydrogens is 341 g/mol. The number of amides is 2. The second kappa shape index (κ2) is 5.61. The van der Waals surface area contributed by atoms with Gasteiger partial charge in [-0.15, -0.1) is 0 Å². The molecule has 0 unspecified atom stereocenters. The summed E-state index contributed by atoms with van der Waals surface area (Å²) in [6, 6.07) is 5.81. The maximum atomic E-state index is 14.3. The number of phenols is 1. The van der Waals surface area contributed by atoms with Gasteiger partial charge in [0.2, 0.25) is 0 Å². The van der Waals surface area contributed by atoms with Gasteiger partial charge < -0.3 is 10.2 Å². The van der Waals surface area contributed by atoms with E-state index in [9.17, 15) is 23.9 Å². The van der Waals surface area contributed by atoms with Gasteiger partial charge >= 0.3 is 5.97 Å². The zero-order chi connectivity index (χ0) is 17.6. The zero-order valence-electron chi connectivity index (χ0n) is 11.9. The molecule has 2 N–H and O–H groups in total. The number of imide groups is 1. The lowest BCUT2D eigenvalue weighted by Crippen LogP contribution is -2.30. The van der Waals surface area contributed by atoms with Crippen LogP contribution in [0.3, 0.4) is 0 Å². The number of carbonyl (C=O) groups is 3. The lowest BCUT2D eigenvalue weighted by molar-refractivity contribution is -0.136. The molecule has 0 radical (unpaired) electrons. The first kappa shape index (κ1) is 15.9. The third-order valence-electron chi connectivity index (χ3n) is 3.57. The van der Waals surface area contributed by atoms with Crippen molar-refractivity contribution in [2.45, 2.75) is 6.42 Å². The first-order valence-electron chi connectivity index (χ1n) is 6.71. The van der Waals surface area contributed by atoms with Crippen LogP contribution >= 0.6 is 11.6 Å². The van der Waals surface area contributed by atoms with Gasteiger partial charge in [0.1, 0.15) is 11.6 Å². The Kier molecular flexibility index (Phi) is 3.73. The van der Waals surface area contributed by atoms with Crippen molar-refractivity contribution in [2.24, 2.45) is 0 Å². The summed E-state index contributed by atoms with van der Waals surface area (Å²) < 4.78 is 14.3. The number of phenolic OH excluding ortho intramolecular Hbond substituents is 1. The van der Waals surface area contributed by atoms with Crippen LogP contribution in [0.25, 0.3) is 0 Å². The van der Waals surface area contributed by atoms with Gasteiger partial charge in [0, 0.05) is 0 Å². The van der Waals surface area contributed by atoms with Crippen LogP contribution in [0.1, 0.15) is 26.3 Å². The van der Waals surface area contributed by atoms with E-state index in [2.05, 4.69) is 0 Å². The highest BCUT2D eigenvalue weighted by Gasteiger charge is 2.41. The second-order valence-corrected chi connectivity index (χ2v) is 5.53. The Morgan fingerprint density at radius 2 is 1.79 bits per heavy atom. The highest BCUT2D eigenvalue weighted by Crippen LogP contribution is 2.38. The van der Waals surface area contributed by atoms with Crippen molar-refractivity contribution in [1.29, 1.82) is 0 Å². The SMILES string of the molecule is O=C(O)Cc1ccc(N2C(=O)c3c(O)ccc(Cl)c3C2=O)c(F)c1. The largest absolute Gasteiger partial charge is 0.507 e. The Morgan fingerprint density at radius 3 is 2.38 bits per heavy atom. The molecule has 1 aliphatic rings. The fourth-order valence-corrected chi connectivity index (χ4v) is 2.78. The van der Waals surface area contributed by atoms with Crippen LogP contribution in [0.5, 0.6) is 5.75 Å². The normalized spacial score (nSPS) is 13.3. The molecule has 6 nitrogen and oxygen atoms in total. The third-order valence-corrected chi connectivity index (χ3v) is 3.89. The number of carboxylic acid groups (broad SMARTS) is 1. The average molecular weight is 350 g/mol. The Labute approximate surface area is 139 Å². The van der Waals surface area contributed by atoms with Crippen LogP contribution in [-0.4, -0.2) is 28.0 Å². The number of hydrogen-bond donors (Lipinski definition) is 2. The average Bonchev–Trinajstić information content (AvgIpc) is 2.76. The Bertz CT molecular complexity index is 871. The molecule has 1 heterocycles. The van der Waals surface area contributed by atoms with Gasteiger partial charge in [0.15, 0.2) is 0 Å². The number of hydrogen-bond acceptors (Lipinski definition) is 4. The van der Waals surface area contributed by atoms with E-state index in [1.54, 1.807) is 0 Å². The van der Waals surface area contributed by atoms with Crippen molar-refractivity contribution in [3.63, 3.8) is 0 Å². The number of nitrogens with zero attached hydrogens (tertiary/aromatic N) is 1. The standard InChI is InChI=1S/C16H9ClFNO5/c17-8-2-4-11(20)14-13(8)15(23)19(16(14)24)10-3-1-7(5-9(10)18)6-12(21)22/h1-5,20H,6H2,(H,21,22). The molecular formula is C16H9ClFNO5. The highest BCUT2D eigenvalue weighted by atomic mass is 35.5. The van der Waals surface area contributed by atoms with E-state index >= 15 is 0 Å². The van der Waals surface area contributed by atoms with E-state index in [1.165, 1.54) is 18.2 Å². The van der Waals surface area contributed by atoms with Gasteiger partial charge in [-0.05, 0) is 29.8 Å². The maximum absolute atomic E-state index is 14.3. The number of aromatic hydroxyl groups is 1. The van der Waals surface area contributed by atoms with E-state index in [0.29, 0.717) is 4.90 Å². The molecule has 1 aliphatic heterocycles. The number of halogens is 2. The quantitative estimate of drug-likeness (QED) is 0.830. The van der Waals surface area contributed by atoms with Crippen LogP contribution in [0.2, 0.25) is 5.02 Å². The van der Waals surface area contributed by atoms with Crippen LogP contribution in [0.4, 0.5) is 10.1 Å². The van der Waals surface area contributed by atoms with Crippen molar-refractivity contribution in [1.82, 2.24) is 0 Å². The Balaban J connectivity index is 2.08. The molecule has 0 aliphatic carbocycles. The molecule has 0 spiro atoms. The summed E-state index contributed by atoms with van der Waals surface area (Å²) in [5, 5.41) is 18.5. The summed E-state index contributed by atoms with van der Waals surface area (Å²) in [5.41, 5.74) is -0.649. The predicted molar refractivity (Wildman–Crippen MR) is 82.0 cm³/mol. The van der Waals surface area contributed by atoms with E-state index in [0.717, 1.165) is 12.1 Å². The fraction of sp³-hybridized carbons (Fsp3) is 0.0625. The number of benzene rings is 2. The van der Waals surface area contributed by atoms with Crippen molar-refractivity contribution in [3.05, 3.63) is 57.9 Å². The van der Waals surface area contributed by atoms with Gasteiger partial charge in [0.25, 0.3) is 11.8 Å². The molecule has 3 rings (SSSR count). The summed E-state index contributed by atoms with van der Waals surface area (Å²) >= 11 is 5.91. The van der Waals surface area contributed by atoms with Crippen LogP contribution < -0.4 is 4.90 Å². The molecule has 0 fully saturated rings. The van der Waals surface area contributed by atoms with Crippen LogP contribution in [-0.2, 0) is 11.2 Å². The van der Waals surface area contributed by atoms with Gasteiger partial charge in [0.05, 0.1) is 28.3 Å². The molecule has 2 amide bonds. The van der Waals surface area contributed by atoms with Crippen molar-refractivity contribution < 1.29 is 29.0 Å². The van der Waals surface area contributed by atoms with Crippen molar-refractivity contribution in [2.75, 3.05) is 4.90 Å². The first-order chi connectivity index (χ1) is 11.3. The molecule has 0 atom stereocenters. The molecule has 24 heavy (non-hydrogen) atoms. The van der Waals surface area contributed by atoms with E-state index in [1.807, 2.05) is 0 Å². The lowest BCUT2D eigenvalue weighted by atomic mass is 10.1. The predicted octanol–water partition coefficient (Wildman–Crippen LogP) is 2.61. The molecule has 122 valence electrons. The minimum Gasteiger partial charge on any atom is -0.507 e. The maximum Gasteiger partial charge on any atom is 0.307 e. The summed E-state index contributed by atoms with van der Waals surface area (Å²) in [6.45, 7) is 0. The van der Waals surface area contributed by atoms with Gasteiger partial charge in [-0.25, -0.2) is 9.29 Å². The molecule has 0 bridgehead atoms. The number of rotatable bonds is 3. The minimum absolute atomic E-state index is 0.0356. The number of anilines is 1. The first-order valence-corrected chi connectivity index (χ1v) is 7.09. The van der Waals surface area contributed by atoms with Crippen molar-refractivity contribution >= 4 is 35.1 Å². The van der Waals surface area contributed by atoms with Gasteiger partial charge in [-0.3, -0.25) is 14.4 Å². The third kappa shape index (κ3) is 2.39. The summed E-state index contributed by atoms with van der Waals surface area (Å²) in [6.07, 6.45) is -0.397. The molecule has 0 saturated heterocycles. The monoisotopic (exact) mass is 349 g/mol. The molecule has 0 aromatic heterocycles. The molecule has 2 aromatic rings. The second-order valence-electron chi connectivity index (χ2n) is 5.12. The summed E-state index contributed by atoms with van der Waals surface area (Å²) in [4.78, 5) is 36.1. The topological polar surface area (TPSA) is 94.9 Å². The van der Waals surface area contributed by atoms with Crippen LogP contribution in [0.15, 0.2) is 30.3 Å². The summed E-state index contributed by atoms with van der Waals surface area (Å²) in [7, 11) is 0. The minimum atomic E-state index is -1.14. The number of carboxylic acids is 1. The molecule has 8 heteroatoms. The van der Waals surface area contributed by atoms with E-state index in [4.69, 9.17) is 16.7 Å². The number of carbonyl (C=O) groups excluding carboxylic acids is 2. The van der Waals surface area contributed by atoms with Crippen molar-refractivity contribution in [3.8, 4) is 5.75 Å². The lowest BCUT2D eigenvalue weighted by Gasteiger charge is -2.15. The molecule has 0 saturated carbocycles. The Hall–Kier alpha value is -2.93. The Morgan fingerprint density at radius 1 is 1.12 bits per heavy atom. The fourth-order valence-electron chi connectivity index (χ4n) is 2.54. The summed E-state index contributed by atoms with van der Waals surface area (Å²) in [5.74, 6) is -4.27. The number of aliphatic carboxylic acids is 1. The highest BCUT2D eigenvalue weighted by molar-refractivity contribution is 6.42. The smallest absolute Gasteiger partial charge is 0.307 e. The zero-order valence-corrected chi connectivity index (χ0v) is 12.7. The van der Waals surface area contributed by atoms with Crippen LogP contribution in [0, 0.1) is 5.82 Å².